The molecule has 0 bridgehead atoms. The van der Waals surface area contributed by atoms with Crippen molar-refractivity contribution in [1.82, 2.24) is 4.98 Å². The van der Waals surface area contributed by atoms with Crippen LogP contribution in [0, 0.1) is 17.2 Å². The van der Waals surface area contributed by atoms with Crippen LogP contribution in [-0.4, -0.2) is 17.4 Å². The number of thiazole rings is 1. The molecule has 4 rings (SSSR count). The number of rotatable bonds is 4. The number of carbonyl (C=O) groups is 1. The minimum atomic E-state index is -0.104. The van der Waals surface area contributed by atoms with E-state index in [1.54, 1.807) is 4.90 Å². The Morgan fingerprint density at radius 3 is 2.67 bits per heavy atom. The molecule has 27 heavy (non-hydrogen) atoms. The first-order valence-corrected chi connectivity index (χ1v) is 9.83. The highest BCUT2D eigenvalue weighted by molar-refractivity contribution is 7.19. The summed E-state index contributed by atoms with van der Waals surface area (Å²) >= 11 is 1.45. The average molecular weight is 373 g/mol. The van der Waals surface area contributed by atoms with Gasteiger partial charge in [-0.3, -0.25) is 4.79 Å². The van der Waals surface area contributed by atoms with E-state index in [4.69, 9.17) is 0 Å². The second-order valence-corrected chi connectivity index (χ2v) is 8.04. The summed E-state index contributed by atoms with van der Waals surface area (Å²) in [4.78, 5) is 19.7. The van der Waals surface area contributed by atoms with Crippen molar-refractivity contribution in [2.24, 2.45) is 5.92 Å². The number of anilines is 1. The number of hydrogen-bond acceptors (Lipinski definition) is 4. The number of nitrogens with zero attached hydrogens (tertiary/aromatic N) is 3. The largest absolute Gasteiger partial charge is 0.308 e. The van der Waals surface area contributed by atoms with Crippen LogP contribution < -0.4 is 4.90 Å². The zero-order valence-electron chi connectivity index (χ0n) is 15.3. The number of aromatic nitrogens is 1. The van der Waals surface area contributed by atoms with Crippen LogP contribution in [0.2, 0.25) is 0 Å². The Bertz CT molecular complexity index is 1070. The van der Waals surface area contributed by atoms with Gasteiger partial charge in [0, 0.05) is 12.1 Å². The van der Waals surface area contributed by atoms with Crippen molar-refractivity contribution >= 4 is 44.3 Å². The predicted molar refractivity (Wildman–Crippen MR) is 110 cm³/mol. The van der Waals surface area contributed by atoms with E-state index in [-0.39, 0.29) is 5.91 Å². The Morgan fingerprint density at radius 2 is 1.93 bits per heavy atom. The van der Waals surface area contributed by atoms with Crippen LogP contribution >= 0.6 is 11.3 Å². The fourth-order valence-electron chi connectivity index (χ4n) is 3.32. The van der Waals surface area contributed by atoms with Gasteiger partial charge in [-0.1, -0.05) is 44.2 Å². The molecular formula is C22H19N3OS. The predicted octanol–water partition coefficient (Wildman–Crippen LogP) is 5.12. The smallest absolute Gasteiger partial charge is 0.260 e. The number of carbonyl (C=O) groups excluding carboxylic acids is 1. The summed E-state index contributed by atoms with van der Waals surface area (Å²) in [6.45, 7) is 4.94. The first-order chi connectivity index (χ1) is 13.1. The summed E-state index contributed by atoms with van der Waals surface area (Å²) in [7, 11) is 0. The molecule has 134 valence electrons. The van der Waals surface area contributed by atoms with Crippen molar-refractivity contribution < 1.29 is 4.79 Å². The molecule has 0 saturated heterocycles. The monoisotopic (exact) mass is 373 g/mol. The van der Waals surface area contributed by atoms with E-state index in [1.165, 1.54) is 11.3 Å². The minimum absolute atomic E-state index is 0.104. The van der Waals surface area contributed by atoms with Crippen LogP contribution in [0.15, 0.2) is 48.5 Å². The third-order valence-corrected chi connectivity index (χ3v) is 5.78. The fourth-order valence-corrected chi connectivity index (χ4v) is 4.29. The van der Waals surface area contributed by atoms with Crippen LogP contribution in [0.1, 0.15) is 30.8 Å². The van der Waals surface area contributed by atoms with Gasteiger partial charge in [0.25, 0.3) is 5.91 Å². The van der Waals surface area contributed by atoms with Gasteiger partial charge in [-0.2, -0.15) is 5.26 Å². The molecule has 1 aromatic heterocycles. The Kier molecular flexibility index (Phi) is 4.51. The molecule has 2 heterocycles. The molecule has 0 atom stereocenters. The quantitative estimate of drug-likeness (QED) is 0.471. The third-order valence-electron chi connectivity index (χ3n) is 4.72. The lowest BCUT2D eigenvalue weighted by Gasteiger charge is -2.18. The van der Waals surface area contributed by atoms with Gasteiger partial charge >= 0.3 is 0 Å². The molecule has 0 aliphatic carbocycles. The van der Waals surface area contributed by atoms with Gasteiger partial charge in [-0.05, 0) is 30.5 Å². The molecule has 1 aliphatic heterocycles. The highest BCUT2D eigenvalue weighted by Crippen LogP contribution is 2.42. The molecule has 1 aliphatic rings. The second-order valence-electron chi connectivity index (χ2n) is 7.01. The number of allylic oxidation sites excluding steroid dienone is 1. The summed E-state index contributed by atoms with van der Waals surface area (Å²) in [5.41, 5.74) is 3.38. The van der Waals surface area contributed by atoms with Crippen molar-refractivity contribution in [2.75, 3.05) is 11.4 Å². The standard InChI is InChI=1S/C22H19N3OS/c1-14(2)11-12-25-18-9-5-3-7-15(18)20(22(25)26)16(13-23)21-24-17-8-4-6-10-19(17)27-21/h3-10,14H,11-12H2,1-2H3/b20-16-. The van der Waals surface area contributed by atoms with E-state index >= 15 is 0 Å². The maximum absolute atomic E-state index is 13.3. The summed E-state index contributed by atoms with van der Waals surface area (Å²) in [5.74, 6) is 0.394. The number of fused-ring (bicyclic) bond motifs is 2. The summed E-state index contributed by atoms with van der Waals surface area (Å²) < 4.78 is 1.01. The highest BCUT2D eigenvalue weighted by atomic mass is 32.1. The van der Waals surface area contributed by atoms with Crippen molar-refractivity contribution in [1.29, 1.82) is 5.26 Å². The molecule has 4 nitrogen and oxygen atoms in total. The van der Waals surface area contributed by atoms with Gasteiger partial charge in [0.2, 0.25) is 0 Å². The molecule has 1 amide bonds. The Hall–Kier alpha value is -2.97. The van der Waals surface area contributed by atoms with Crippen molar-refractivity contribution in [3.63, 3.8) is 0 Å². The van der Waals surface area contributed by atoms with Crippen LogP contribution in [-0.2, 0) is 4.79 Å². The van der Waals surface area contributed by atoms with Gasteiger partial charge in [0.1, 0.15) is 16.6 Å². The van der Waals surface area contributed by atoms with Gasteiger partial charge in [0.05, 0.1) is 21.5 Å². The highest BCUT2D eigenvalue weighted by Gasteiger charge is 2.35. The third kappa shape index (κ3) is 3.02. The van der Waals surface area contributed by atoms with E-state index in [1.807, 2.05) is 48.5 Å². The molecule has 0 spiro atoms. The summed E-state index contributed by atoms with van der Waals surface area (Å²) in [5, 5.41) is 10.5. The topological polar surface area (TPSA) is 57.0 Å². The Labute approximate surface area is 162 Å². The SMILES string of the molecule is CC(C)CCN1C(=O)/C(=C(/C#N)c2nc3ccccc3s2)c2ccccc21. The maximum Gasteiger partial charge on any atom is 0.260 e. The lowest BCUT2D eigenvalue weighted by atomic mass is 10.0. The van der Waals surface area contributed by atoms with Crippen molar-refractivity contribution in [2.45, 2.75) is 20.3 Å². The van der Waals surface area contributed by atoms with E-state index in [0.29, 0.717) is 28.6 Å². The molecule has 2 aromatic carbocycles. The van der Waals surface area contributed by atoms with Crippen LogP contribution in [0.5, 0.6) is 0 Å². The van der Waals surface area contributed by atoms with Crippen molar-refractivity contribution in [3.05, 3.63) is 59.1 Å². The lowest BCUT2D eigenvalue weighted by Crippen LogP contribution is -2.28. The maximum atomic E-state index is 13.3. The molecule has 5 heteroatoms. The van der Waals surface area contributed by atoms with Crippen LogP contribution in [0.25, 0.3) is 21.4 Å². The van der Waals surface area contributed by atoms with Crippen LogP contribution in [0.3, 0.4) is 0 Å². The zero-order chi connectivity index (χ0) is 19.0. The number of amides is 1. The van der Waals surface area contributed by atoms with Crippen LogP contribution in [0.4, 0.5) is 5.69 Å². The summed E-state index contributed by atoms with van der Waals surface area (Å²) in [6, 6.07) is 17.8. The van der Waals surface area contributed by atoms with Gasteiger partial charge in [-0.25, -0.2) is 4.98 Å². The number of benzene rings is 2. The summed E-state index contributed by atoms with van der Waals surface area (Å²) in [6.07, 6.45) is 0.913. The van der Waals surface area contributed by atoms with E-state index < -0.39 is 0 Å². The van der Waals surface area contributed by atoms with E-state index in [2.05, 4.69) is 24.9 Å². The van der Waals surface area contributed by atoms with E-state index in [9.17, 15) is 10.1 Å². The molecule has 0 fully saturated rings. The first kappa shape index (κ1) is 17.4. The number of nitriles is 1. The lowest BCUT2D eigenvalue weighted by molar-refractivity contribution is -0.113. The Balaban J connectivity index is 1.87. The fraction of sp³-hybridized carbons (Fsp3) is 0.227. The molecule has 0 unspecified atom stereocenters. The minimum Gasteiger partial charge on any atom is -0.308 e. The molecular weight excluding hydrogens is 354 g/mol. The van der Waals surface area contributed by atoms with Crippen molar-refractivity contribution in [3.8, 4) is 6.07 Å². The normalized spacial score (nSPS) is 15.3. The number of hydrogen-bond donors (Lipinski definition) is 0. The van der Waals surface area contributed by atoms with Gasteiger partial charge in [-0.15, -0.1) is 11.3 Å². The van der Waals surface area contributed by atoms with Gasteiger partial charge in [0.15, 0.2) is 0 Å². The molecule has 0 saturated carbocycles. The second kappa shape index (κ2) is 6.98. The van der Waals surface area contributed by atoms with Gasteiger partial charge < -0.3 is 4.90 Å². The zero-order valence-corrected chi connectivity index (χ0v) is 16.1. The molecule has 3 aromatic rings. The first-order valence-electron chi connectivity index (χ1n) is 9.01. The number of para-hydroxylation sites is 2. The molecule has 0 radical (unpaired) electrons. The van der Waals surface area contributed by atoms with E-state index in [0.717, 1.165) is 27.9 Å². The Morgan fingerprint density at radius 1 is 1.19 bits per heavy atom. The molecule has 0 N–H and O–H groups in total. The average Bonchev–Trinajstić information content (AvgIpc) is 3.20.